The maximum atomic E-state index is 13.6. The summed E-state index contributed by atoms with van der Waals surface area (Å²) in [4.78, 5) is 29.5. The summed E-state index contributed by atoms with van der Waals surface area (Å²) in [6.07, 6.45) is 3.82. The van der Waals surface area contributed by atoms with E-state index in [1.807, 2.05) is 42.5 Å². The standard InChI is InChI=1S/C36H39N3O4/c1-42-33-16-13-24(17-34(33)43-2)21-39-22-29(35(40)37-20-28-11-6-9-26-7-3-4-12-32(26)28)18-30(23-39)36(41)38-31-15-14-25-8-5-10-27(25)19-31/h3-4,6-7,9,11-17,19,29-30H,5,8,10,18,20-23H2,1-2H3,(H,37,40)(H,38,41)/t29-,30+/m0/s1. The molecule has 1 saturated heterocycles. The highest BCUT2D eigenvalue weighted by Gasteiger charge is 2.35. The molecule has 2 amide bonds. The highest BCUT2D eigenvalue weighted by atomic mass is 16.5. The number of methoxy groups -OCH3 is 2. The molecule has 2 atom stereocenters. The van der Waals surface area contributed by atoms with E-state index in [-0.39, 0.29) is 23.7 Å². The van der Waals surface area contributed by atoms with E-state index in [0.29, 0.717) is 44.1 Å². The fraction of sp³-hybridized carbons (Fsp3) is 0.333. The summed E-state index contributed by atoms with van der Waals surface area (Å²) in [6.45, 7) is 2.17. The van der Waals surface area contributed by atoms with Gasteiger partial charge < -0.3 is 20.1 Å². The zero-order valence-electron chi connectivity index (χ0n) is 24.9. The number of piperidine rings is 1. The summed E-state index contributed by atoms with van der Waals surface area (Å²) in [5.41, 5.74) is 5.64. The maximum Gasteiger partial charge on any atom is 0.228 e. The Morgan fingerprint density at radius 2 is 1.58 bits per heavy atom. The second-order valence-electron chi connectivity index (χ2n) is 11.7. The van der Waals surface area contributed by atoms with Gasteiger partial charge in [-0.2, -0.15) is 0 Å². The Morgan fingerprint density at radius 1 is 0.814 bits per heavy atom. The van der Waals surface area contributed by atoms with E-state index < -0.39 is 0 Å². The lowest BCUT2D eigenvalue weighted by molar-refractivity contribution is -0.130. The molecule has 0 bridgehead atoms. The van der Waals surface area contributed by atoms with Gasteiger partial charge in [0.2, 0.25) is 11.8 Å². The summed E-state index contributed by atoms with van der Waals surface area (Å²) >= 11 is 0. The number of carbonyl (C=O) groups excluding carboxylic acids is 2. The van der Waals surface area contributed by atoms with Gasteiger partial charge in [0.1, 0.15) is 0 Å². The second kappa shape index (κ2) is 12.9. The Morgan fingerprint density at radius 3 is 2.42 bits per heavy atom. The molecule has 1 heterocycles. The number of anilines is 1. The van der Waals surface area contributed by atoms with Crippen LogP contribution in [0.2, 0.25) is 0 Å². The van der Waals surface area contributed by atoms with Crippen molar-refractivity contribution in [1.82, 2.24) is 10.2 Å². The van der Waals surface area contributed by atoms with Gasteiger partial charge in [-0.05, 0) is 83.0 Å². The fourth-order valence-corrected chi connectivity index (χ4v) is 6.60. The minimum absolute atomic E-state index is 0.0275. The predicted molar refractivity (Wildman–Crippen MR) is 169 cm³/mol. The average Bonchev–Trinajstić information content (AvgIpc) is 3.51. The van der Waals surface area contributed by atoms with Gasteiger partial charge in [0.25, 0.3) is 0 Å². The van der Waals surface area contributed by atoms with Gasteiger partial charge in [-0.1, -0.05) is 54.6 Å². The van der Waals surface area contributed by atoms with Crippen molar-refractivity contribution in [3.05, 3.63) is 101 Å². The van der Waals surface area contributed by atoms with Crippen LogP contribution in [0.1, 0.15) is 35.1 Å². The summed E-state index contributed by atoms with van der Waals surface area (Å²) in [6, 6.07) is 26.5. The molecule has 1 aliphatic carbocycles. The molecule has 7 heteroatoms. The number of nitrogens with one attached hydrogen (secondary N) is 2. The zero-order chi connectivity index (χ0) is 29.8. The van der Waals surface area contributed by atoms with Crippen molar-refractivity contribution in [3.8, 4) is 11.5 Å². The number of ether oxygens (including phenoxy) is 2. The molecule has 2 N–H and O–H groups in total. The smallest absolute Gasteiger partial charge is 0.228 e. The zero-order valence-corrected chi connectivity index (χ0v) is 24.9. The molecular weight excluding hydrogens is 538 g/mol. The average molecular weight is 578 g/mol. The number of aryl methyl sites for hydroxylation is 2. The third-order valence-corrected chi connectivity index (χ3v) is 8.82. The molecule has 4 aromatic carbocycles. The molecule has 2 aliphatic rings. The van der Waals surface area contributed by atoms with Crippen molar-refractivity contribution >= 4 is 28.3 Å². The SMILES string of the molecule is COc1ccc(CN2C[C@@H](C(=O)NCc3cccc4ccccc34)C[C@@H](C(=O)Nc3ccc4c(c3)CCC4)C2)cc1OC. The van der Waals surface area contributed by atoms with Crippen molar-refractivity contribution in [2.24, 2.45) is 11.8 Å². The van der Waals surface area contributed by atoms with Crippen LogP contribution in [0.3, 0.4) is 0 Å². The van der Waals surface area contributed by atoms with E-state index in [9.17, 15) is 9.59 Å². The summed E-state index contributed by atoms with van der Waals surface area (Å²) in [5, 5.41) is 8.63. The van der Waals surface area contributed by atoms with Crippen LogP contribution in [-0.4, -0.2) is 44.0 Å². The first-order valence-electron chi connectivity index (χ1n) is 15.1. The van der Waals surface area contributed by atoms with Gasteiger partial charge in [0.05, 0.1) is 26.1 Å². The van der Waals surface area contributed by atoms with Crippen LogP contribution < -0.4 is 20.1 Å². The third-order valence-electron chi connectivity index (χ3n) is 8.82. The third kappa shape index (κ3) is 6.52. The number of carbonyl (C=O) groups is 2. The van der Waals surface area contributed by atoms with Gasteiger partial charge >= 0.3 is 0 Å². The van der Waals surface area contributed by atoms with Crippen molar-refractivity contribution in [3.63, 3.8) is 0 Å². The molecule has 0 spiro atoms. The van der Waals surface area contributed by atoms with Crippen LogP contribution in [0.4, 0.5) is 5.69 Å². The van der Waals surface area contributed by atoms with Crippen molar-refractivity contribution < 1.29 is 19.1 Å². The first kappa shape index (κ1) is 28.7. The summed E-state index contributed by atoms with van der Waals surface area (Å²) < 4.78 is 10.9. The molecule has 4 aromatic rings. The molecule has 0 aromatic heterocycles. The number of rotatable bonds is 9. The highest BCUT2D eigenvalue weighted by Crippen LogP contribution is 2.31. The topological polar surface area (TPSA) is 79.9 Å². The lowest BCUT2D eigenvalue weighted by atomic mass is 9.87. The molecule has 6 rings (SSSR count). The molecule has 1 fully saturated rings. The van der Waals surface area contributed by atoms with Gasteiger partial charge in [-0.25, -0.2) is 0 Å². The van der Waals surface area contributed by atoms with Crippen molar-refractivity contribution in [2.75, 3.05) is 32.6 Å². The molecule has 7 nitrogen and oxygen atoms in total. The number of likely N-dealkylation sites (tertiary alicyclic amines) is 1. The van der Waals surface area contributed by atoms with E-state index in [4.69, 9.17) is 9.47 Å². The number of amides is 2. The van der Waals surface area contributed by atoms with Crippen LogP contribution in [0.5, 0.6) is 11.5 Å². The lowest BCUT2D eigenvalue weighted by Crippen LogP contribution is -2.48. The fourth-order valence-electron chi connectivity index (χ4n) is 6.60. The van der Waals surface area contributed by atoms with Crippen LogP contribution in [0.25, 0.3) is 10.8 Å². The van der Waals surface area contributed by atoms with Crippen molar-refractivity contribution in [1.29, 1.82) is 0 Å². The van der Waals surface area contributed by atoms with E-state index in [1.54, 1.807) is 14.2 Å². The maximum absolute atomic E-state index is 13.6. The van der Waals surface area contributed by atoms with E-state index >= 15 is 0 Å². The molecule has 222 valence electrons. The monoisotopic (exact) mass is 577 g/mol. The highest BCUT2D eigenvalue weighted by molar-refractivity contribution is 5.93. The molecule has 0 saturated carbocycles. The van der Waals surface area contributed by atoms with Crippen LogP contribution in [0.15, 0.2) is 78.9 Å². The van der Waals surface area contributed by atoms with Gasteiger partial charge in [0.15, 0.2) is 11.5 Å². The number of hydrogen-bond acceptors (Lipinski definition) is 5. The Bertz CT molecular complexity index is 1630. The first-order valence-corrected chi connectivity index (χ1v) is 15.1. The molecular formula is C36H39N3O4. The molecule has 1 aliphatic heterocycles. The quantitative estimate of drug-likeness (QED) is 0.265. The first-order chi connectivity index (χ1) is 21.0. The minimum atomic E-state index is -0.324. The largest absolute Gasteiger partial charge is 0.493 e. The lowest BCUT2D eigenvalue weighted by Gasteiger charge is -2.36. The predicted octanol–water partition coefficient (Wildman–Crippen LogP) is 5.74. The van der Waals surface area contributed by atoms with E-state index in [0.717, 1.165) is 46.8 Å². The van der Waals surface area contributed by atoms with Gasteiger partial charge in [-0.15, -0.1) is 0 Å². The molecule has 43 heavy (non-hydrogen) atoms. The number of fused-ring (bicyclic) bond motifs is 2. The Balaban J connectivity index is 1.19. The van der Waals surface area contributed by atoms with Crippen LogP contribution in [0, 0.1) is 11.8 Å². The second-order valence-corrected chi connectivity index (χ2v) is 11.7. The number of nitrogens with zero attached hydrogens (tertiary/aromatic N) is 1. The van der Waals surface area contributed by atoms with E-state index in [2.05, 4.69) is 51.9 Å². The van der Waals surface area contributed by atoms with Gasteiger partial charge in [-0.3, -0.25) is 14.5 Å². The minimum Gasteiger partial charge on any atom is -0.493 e. The number of hydrogen-bond donors (Lipinski definition) is 2. The van der Waals surface area contributed by atoms with Gasteiger partial charge in [0, 0.05) is 31.9 Å². The summed E-state index contributed by atoms with van der Waals surface area (Å²) in [5.74, 6) is 0.617. The molecule has 0 radical (unpaired) electrons. The number of benzene rings is 4. The van der Waals surface area contributed by atoms with Crippen LogP contribution in [-0.2, 0) is 35.5 Å². The molecule has 0 unspecified atom stereocenters. The summed E-state index contributed by atoms with van der Waals surface area (Å²) in [7, 11) is 3.24. The van der Waals surface area contributed by atoms with E-state index in [1.165, 1.54) is 11.1 Å². The van der Waals surface area contributed by atoms with Crippen molar-refractivity contribution in [2.45, 2.75) is 38.8 Å². The van der Waals surface area contributed by atoms with Crippen LogP contribution >= 0.6 is 0 Å². The Hall–Kier alpha value is -4.36. The Labute approximate surface area is 253 Å². The Kier molecular flexibility index (Phi) is 8.61. The normalized spacial score (nSPS) is 18.2.